The molecule has 1 N–H and O–H groups in total. The first-order valence-corrected chi connectivity index (χ1v) is 9.14. The van der Waals surface area contributed by atoms with Gasteiger partial charge in [0.05, 0.1) is 10.9 Å². The summed E-state index contributed by atoms with van der Waals surface area (Å²) in [6.45, 7) is 1.75. The van der Waals surface area contributed by atoms with Crippen molar-refractivity contribution in [3.8, 4) is 17.2 Å². The van der Waals surface area contributed by atoms with Crippen molar-refractivity contribution in [2.75, 3.05) is 11.9 Å². The van der Waals surface area contributed by atoms with Crippen LogP contribution in [0.5, 0.6) is 5.75 Å². The van der Waals surface area contributed by atoms with Gasteiger partial charge in [0.2, 0.25) is 5.89 Å². The highest BCUT2D eigenvalue weighted by atomic mass is 32.2. The van der Waals surface area contributed by atoms with E-state index in [1.165, 1.54) is 11.8 Å². The monoisotopic (exact) mass is 381 g/mol. The Morgan fingerprint density at radius 2 is 2.00 bits per heavy atom. The highest BCUT2D eigenvalue weighted by Crippen LogP contribution is 2.31. The first-order chi connectivity index (χ1) is 13.1. The van der Waals surface area contributed by atoms with Crippen LogP contribution in [0.3, 0.4) is 0 Å². The van der Waals surface area contributed by atoms with Crippen molar-refractivity contribution in [3.63, 3.8) is 0 Å². The summed E-state index contributed by atoms with van der Waals surface area (Å²) in [5.41, 5.74) is 1.79. The van der Waals surface area contributed by atoms with Gasteiger partial charge in [-0.3, -0.25) is 9.59 Å². The third-order valence-corrected chi connectivity index (χ3v) is 4.91. The maximum absolute atomic E-state index is 12.7. The molecule has 0 fully saturated rings. The lowest BCUT2D eigenvalue weighted by atomic mass is 10.1. The van der Waals surface area contributed by atoms with Gasteiger partial charge < -0.3 is 14.5 Å². The number of nitrogens with zero attached hydrogens (tertiary/aromatic N) is 2. The van der Waals surface area contributed by atoms with E-state index in [9.17, 15) is 9.59 Å². The lowest BCUT2D eigenvalue weighted by Crippen LogP contribution is -2.25. The van der Waals surface area contributed by atoms with Crippen LogP contribution in [0.25, 0.3) is 11.5 Å². The Kier molecular flexibility index (Phi) is 4.64. The molecule has 0 spiro atoms. The number of fused-ring (bicyclic) bond motifs is 1. The van der Waals surface area contributed by atoms with Crippen LogP contribution in [0.2, 0.25) is 0 Å². The molecule has 8 heteroatoms. The molecule has 3 aromatic rings. The minimum absolute atomic E-state index is 0.0204. The van der Waals surface area contributed by atoms with E-state index in [2.05, 4.69) is 15.5 Å². The lowest BCUT2D eigenvalue weighted by Gasteiger charge is -2.18. The van der Waals surface area contributed by atoms with Crippen LogP contribution in [0, 0.1) is 0 Å². The number of carbonyl (C=O) groups is 2. The summed E-state index contributed by atoms with van der Waals surface area (Å²) in [5.74, 6) is 0.609. The molecule has 0 bridgehead atoms. The molecule has 0 saturated heterocycles. The van der Waals surface area contributed by atoms with E-state index in [-0.39, 0.29) is 18.3 Å². The number of carbonyl (C=O) groups excluding carboxylic acids is 2. The van der Waals surface area contributed by atoms with Gasteiger partial charge in [-0.25, -0.2) is 0 Å². The molecule has 1 aliphatic rings. The van der Waals surface area contributed by atoms with Gasteiger partial charge in [-0.1, -0.05) is 30.0 Å². The van der Waals surface area contributed by atoms with Crippen molar-refractivity contribution in [1.29, 1.82) is 0 Å². The van der Waals surface area contributed by atoms with Crippen LogP contribution in [-0.4, -0.2) is 33.7 Å². The van der Waals surface area contributed by atoms with Crippen LogP contribution >= 0.6 is 11.8 Å². The molecule has 0 aliphatic carbocycles. The predicted molar refractivity (Wildman–Crippen MR) is 100.0 cm³/mol. The second kappa shape index (κ2) is 7.24. The van der Waals surface area contributed by atoms with E-state index in [0.717, 1.165) is 5.56 Å². The molecule has 7 nitrogen and oxygen atoms in total. The fourth-order valence-electron chi connectivity index (χ4n) is 2.63. The number of Topliss-reactive ketones (excluding diaryl/α,β-unsaturated/α-hetero) is 1. The van der Waals surface area contributed by atoms with Gasteiger partial charge in [-0.05, 0) is 37.3 Å². The number of hydrogen-bond donors (Lipinski definition) is 1. The Morgan fingerprint density at radius 1 is 1.19 bits per heavy atom. The van der Waals surface area contributed by atoms with Crippen molar-refractivity contribution in [2.45, 2.75) is 17.4 Å². The molecule has 4 rings (SSSR count). The van der Waals surface area contributed by atoms with Gasteiger partial charge in [-0.2, -0.15) is 0 Å². The predicted octanol–water partition coefficient (Wildman–Crippen LogP) is 3.43. The van der Waals surface area contributed by atoms with Crippen LogP contribution in [-0.2, 0) is 4.79 Å². The zero-order valence-electron chi connectivity index (χ0n) is 14.3. The van der Waals surface area contributed by atoms with Crippen molar-refractivity contribution < 1.29 is 18.7 Å². The Hall–Kier alpha value is -3.13. The Bertz CT molecular complexity index is 1000. The largest absolute Gasteiger partial charge is 0.482 e. The van der Waals surface area contributed by atoms with Crippen LogP contribution in [0.4, 0.5) is 5.69 Å². The van der Waals surface area contributed by atoms with Gasteiger partial charge in [0.25, 0.3) is 11.1 Å². The number of aromatic nitrogens is 2. The van der Waals surface area contributed by atoms with Crippen molar-refractivity contribution in [1.82, 2.24) is 10.2 Å². The van der Waals surface area contributed by atoms with Crippen molar-refractivity contribution >= 4 is 29.1 Å². The number of benzene rings is 2. The quantitative estimate of drug-likeness (QED) is 0.534. The Morgan fingerprint density at radius 3 is 2.81 bits per heavy atom. The molecule has 1 atom stereocenters. The molecule has 2 heterocycles. The van der Waals surface area contributed by atoms with E-state index in [4.69, 9.17) is 9.15 Å². The Labute approximate surface area is 159 Å². The number of ether oxygens (including phenoxy) is 1. The second-order valence-corrected chi connectivity index (χ2v) is 7.20. The van der Waals surface area contributed by atoms with Crippen molar-refractivity contribution in [3.05, 3.63) is 54.1 Å². The second-order valence-electron chi connectivity index (χ2n) is 5.91. The summed E-state index contributed by atoms with van der Waals surface area (Å²) < 4.78 is 11.0. The zero-order valence-corrected chi connectivity index (χ0v) is 15.2. The number of rotatable bonds is 5. The average molecular weight is 381 g/mol. The minimum atomic E-state index is -0.438. The summed E-state index contributed by atoms with van der Waals surface area (Å²) in [6.07, 6.45) is 0. The van der Waals surface area contributed by atoms with Gasteiger partial charge in [0, 0.05) is 11.1 Å². The average Bonchev–Trinajstić information content (AvgIpc) is 3.16. The molecule has 136 valence electrons. The van der Waals surface area contributed by atoms with E-state index in [0.29, 0.717) is 28.1 Å². The number of thioether (sulfide) groups is 1. The van der Waals surface area contributed by atoms with E-state index < -0.39 is 5.25 Å². The smallest absolute Gasteiger partial charge is 0.277 e. The standard InChI is InChI=1S/C19H15N3O4S/c1-11(27-19-22-21-18(26-19)12-5-3-2-4-6-12)17(24)13-7-8-15-14(9-13)20-16(23)10-25-15/h2-9,11H,10H2,1H3,(H,20,23). The topological polar surface area (TPSA) is 94.3 Å². The van der Waals surface area contributed by atoms with Crippen molar-refractivity contribution in [2.24, 2.45) is 0 Å². The number of ketones is 1. The molecular formula is C19H15N3O4S. The molecule has 1 amide bonds. The van der Waals surface area contributed by atoms with Crippen LogP contribution in [0.15, 0.2) is 58.2 Å². The number of hydrogen-bond acceptors (Lipinski definition) is 7. The molecule has 2 aromatic carbocycles. The highest BCUT2D eigenvalue weighted by molar-refractivity contribution is 8.00. The highest BCUT2D eigenvalue weighted by Gasteiger charge is 2.23. The van der Waals surface area contributed by atoms with Crippen LogP contribution in [0.1, 0.15) is 17.3 Å². The minimum Gasteiger partial charge on any atom is -0.482 e. The third-order valence-electron chi connectivity index (χ3n) is 3.97. The fraction of sp³-hybridized carbons (Fsp3) is 0.158. The van der Waals surface area contributed by atoms with Gasteiger partial charge in [0.1, 0.15) is 5.75 Å². The molecule has 1 aromatic heterocycles. The van der Waals surface area contributed by atoms with E-state index >= 15 is 0 Å². The summed E-state index contributed by atoms with van der Waals surface area (Å²) in [6, 6.07) is 14.4. The zero-order chi connectivity index (χ0) is 18.8. The molecular weight excluding hydrogens is 366 g/mol. The lowest BCUT2D eigenvalue weighted by molar-refractivity contribution is -0.118. The summed E-state index contributed by atoms with van der Waals surface area (Å²) in [5, 5.41) is 10.6. The number of nitrogens with one attached hydrogen (secondary N) is 1. The third kappa shape index (κ3) is 3.70. The maximum Gasteiger partial charge on any atom is 0.277 e. The molecule has 27 heavy (non-hydrogen) atoms. The number of anilines is 1. The van der Waals surface area contributed by atoms with Crippen LogP contribution < -0.4 is 10.1 Å². The van der Waals surface area contributed by atoms with Gasteiger partial charge >= 0.3 is 0 Å². The first kappa shape index (κ1) is 17.3. The molecule has 1 aliphatic heterocycles. The van der Waals surface area contributed by atoms with E-state index in [1.54, 1.807) is 25.1 Å². The van der Waals surface area contributed by atoms with Gasteiger partial charge in [0.15, 0.2) is 12.4 Å². The molecule has 0 radical (unpaired) electrons. The van der Waals surface area contributed by atoms with E-state index in [1.807, 2.05) is 30.3 Å². The summed E-state index contributed by atoms with van der Waals surface area (Å²) >= 11 is 1.19. The first-order valence-electron chi connectivity index (χ1n) is 8.26. The molecule has 1 unspecified atom stereocenters. The fourth-order valence-corrected chi connectivity index (χ4v) is 3.39. The maximum atomic E-state index is 12.7. The number of amides is 1. The summed E-state index contributed by atoms with van der Waals surface area (Å²) in [7, 11) is 0. The SMILES string of the molecule is CC(Sc1nnc(-c2ccccc2)o1)C(=O)c1ccc2c(c1)NC(=O)CO2. The van der Waals surface area contributed by atoms with Gasteiger partial charge in [-0.15, -0.1) is 10.2 Å². The summed E-state index contributed by atoms with van der Waals surface area (Å²) in [4.78, 5) is 24.2. The molecule has 0 saturated carbocycles. The normalized spacial score (nSPS) is 14.0. The Balaban J connectivity index is 1.48.